The number of nitrogens with zero attached hydrogens (tertiary/aromatic N) is 2. The lowest BCUT2D eigenvalue weighted by Crippen LogP contribution is -1.91. The lowest BCUT2D eigenvalue weighted by Gasteiger charge is -1.99. The molecule has 2 rings (SSSR count). The van der Waals surface area contributed by atoms with Gasteiger partial charge in [0.05, 0.1) is 0 Å². The van der Waals surface area contributed by atoms with Gasteiger partial charge in [0.25, 0.3) is 0 Å². The molecule has 1 aromatic heterocycles. The van der Waals surface area contributed by atoms with Crippen molar-refractivity contribution < 1.29 is 0 Å². The average molecular weight is 134 g/mol. The van der Waals surface area contributed by atoms with Crippen LogP contribution in [0.2, 0.25) is 0 Å². The minimum absolute atomic E-state index is 0.651. The van der Waals surface area contributed by atoms with Crippen molar-refractivity contribution in [3.8, 4) is 0 Å². The van der Waals surface area contributed by atoms with Gasteiger partial charge in [0, 0.05) is 11.9 Å². The zero-order chi connectivity index (χ0) is 6.97. The van der Waals surface area contributed by atoms with Gasteiger partial charge in [-0.1, -0.05) is 6.92 Å². The Balaban J connectivity index is 2.51. The van der Waals surface area contributed by atoms with Crippen LogP contribution in [-0.4, -0.2) is 9.97 Å². The molecule has 0 spiro atoms. The smallest absolute Gasteiger partial charge is 0.115 e. The van der Waals surface area contributed by atoms with Crippen LogP contribution in [0.3, 0.4) is 0 Å². The summed E-state index contributed by atoms with van der Waals surface area (Å²) < 4.78 is 0. The number of aryl methyl sites for hydroxylation is 1. The van der Waals surface area contributed by atoms with Gasteiger partial charge in [0.2, 0.25) is 0 Å². The summed E-state index contributed by atoms with van der Waals surface area (Å²) >= 11 is 0. The highest BCUT2D eigenvalue weighted by Gasteiger charge is 2.18. The number of hydrogen-bond donors (Lipinski definition) is 0. The number of hydrogen-bond acceptors (Lipinski definition) is 2. The molecule has 52 valence electrons. The van der Waals surface area contributed by atoms with Crippen LogP contribution in [0.4, 0.5) is 0 Å². The predicted octanol–water partition coefficient (Wildman–Crippen LogP) is 1.53. The monoisotopic (exact) mass is 134 g/mol. The molecule has 0 saturated carbocycles. The Labute approximate surface area is 60.3 Å². The highest BCUT2D eigenvalue weighted by atomic mass is 14.8. The first-order valence-corrected chi connectivity index (χ1v) is 3.66. The molecule has 0 N–H and O–H groups in total. The van der Waals surface area contributed by atoms with E-state index in [9.17, 15) is 0 Å². The Kier molecular flexibility index (Phi) is 1.19. The lowest BCUT2D eigenvalue weighted by molar-refractivity contribution is 0.730. The first kappa shape index (κ1) is 5.83. The van der Waals surface area contributed by atoms with E-state index in [2.05, 4.69) is 16.9 Å². The second kappa shape index (κ2) is 2.04. The lowest BCUT2D eigenvalue weighted by atomic mass is 10.1. The largest absolute Gasteiger partial charge is 0.245 e. The molecule has 0 aliphatic heterocycles. The molecule has 1 aromatic rings. The van der Waals surface area contributed by atoms with Crippen molar-refractivity contribution in [1.82, 2.24) is 9.97 Å². The number of rotatable bonds is 0. The molecule has 0 unspecified atom stereocenters. The Morgan fingerprint density at radius 3 is 3.30 bits per heavy atom. The molecule has 0 radical (unpaired) electrons. The van der Waals surface area contributed by atoms with E-state index >= 15 is 0 Å². The van der Waals surface area contributed by atoms with E-state index in [1.807, 2.05) is 6.20 Å². The molecule has 0 aromatic carbocycles. The molecule has 1 heterocycles. The van der Waals surface area contributed by atoms with E-state index in [1.165, 1.54) is 17.7 Å². The summed E-state index contributed by atoms with van der Waals surface area (Å²) in [5, 5.41) is 0. The van der Waals surface area contributed by atoms with Gasteiger partial charge in [-0.15, -0.1) is 0 Å². The third-order valence-corrected chi connectivity index (χ3v) is 2.14. The topological polar surface area (TPSA) is 25.8 Å². The molecule has 0 saturated heterocycles. The van der Waals surface area contributed by atoms with E-state index in [4.69, 9.17) is 0 Å². The summed E-state index contributed by atoms with van der Waals surface area (Å²) in [6.07, 6.45) is 5.98. The minimum Gasteiger partial charge on any atom is -0.245 e. The van der Waals surface area contributed by atoms with Crippen molar-refractivity contribution >= 4 is 0 Å². The van der Waals surface area contributed by atoms with Crippen LogP contribution < -0.4 is 0 Å². The first-order chi connectivity index (χ1) is 4.88. The van der Waals surface area contributed by atoms with Crippen molar-refractivity contribution in [2.75, 3.05) is 0 Å². The Hall–Kier alpha value is -0.920. The van der Waals surface area contributed by atoms with Crippen LogP contribution in [0, 0.1) is 0 Å². The van der Waals surface area contributed by atoms with Crippen LogP contribution in [0.25, 0.3) is 0 Å². The standard InChI is InChI=1S/C8H10N2/c1-6-2-3-7-4-9-5-10-8(6)7/h4-6H,2-3H2,1H3/t6-/m0/s1. The molecule has 1 aliphatic rings. The molecule has 0 amide bonds. The van der Waals surface area contributed by atoms with Gasteiger partial charge in [-0.05, 0) is 24.3 Å². The third-order valence-electron chi connectivity index (χ3n) is 2.14. The SMILES string of the molecule is C[C@H]1CCc2cncnc21. The molecule has 0 fully saturated rings. The highest BCUT2D eigenvalue weighted by Crippen LogP contribution is 2.29. The summed E-state index contributed by atoms with van der Waals surface area (Å²) in [6, 6.07) is 0. The van der Waals surface area contributed by atoms with Crippen LogP contribution in [0.15, 0.2) is 12.5 Å². The van der Waals surface area contributed by atoms with Crippen molar-refractivity contribution in [3.63, 3.8) is 0 Å². The molecule has 0 bridgehead atoms. The normalized spacial score (nSPS) is 22.7. The third kappa shape index (κ3) is 0.719. The van der Waals surface area contributed by atoms with Crippen LogP contribution in [-0.2, 0) is 6.42 Å². The fourth-order valence-electron chi connectivity index (χ4n) is 1.51. The van der Waals surface area contributed by atoms with E-state index < -0.39 is 0 Å². The maximum Gasteiger partial charge on any atom is 0.115 e. The number of aromatic nitrogens is 2. The zero-order valence-corrected chi connectivity index (χ0v) is 6.04. The van der Waals surface area contributed by atoms with E-state index in [0.717, 1.165) is 6.42 Å². The van der Waals surface area contributed by atoms with Crippen LogP contribution in [0.1, 0.15) is 30.5 Å². The molecule has 1 aliphatic carbocycles. The molecular formula is C8H10N2. The van der Waals surface area contributed by atoms with Crippen molar-refractivity contribution in [2.24, 2.45) is 0 Å². The summed E-state index contributed by atoms with van der Waals surface area (Å²) in [5.41, 5.74) is 2.60. The maximum atomic E-state index is 4.23. The van der Waals surface area contributed by atoms with Crippen molar-refractivity contribution in [2.45, 2.75) is 25.7 Å². The van der Waals surface area contributed by atoms with Gasteiger partial charge in [-0.25, -0.2) is 9.97 Å². The number of fused-ring (bicyclic) bond motifs is 1. The molecule has 2 heteroatoms. The molecular weight excluding hydrogens is 124 g/mol. The Morgan fingerprint density at radius 1 is 1.60 bits per heavy atom. The van der Waals surface area contributed by atoms with Gasteiger partial charge in [0.15, 0.2) is 0 Å². The fourth-order valence-corrected chi connectivity index (χ4v) is 1.51. The predicted molar refractivity (Wildman–Crippen MR) is 38.8 cm³/mol. The second-order valence-electron chi connectivity index (χ2n) is 2.87. The van der Waals surface area contributed by atoms with E-state index in [-0.39, 0.29) is 0 Å². The quantitative estimate of drug-likeness (QED) is 0.537. The molecule has 2 nitrogen and oxygen atoms in total. The van der Waals surface area contributed by atoms with Gasteiger partial charge < -0.3 is 0 Å². The molecule has 10 heavy (non-hydrogen) atoms. The van der Waals surface area contributed by atoms with Gasteiger partial charge in [-0.3, -0.25) is 0 Å². The first-order valence-electron chi connectivity index (χ1n) is 3.66. The zero-order valence-electron chi connectivity index (χ0n) is 6.04. The van der Waals surface area contributed by atoms with Crippen molar-refractivity contribution in [1.29, 1.82) is 0 Å². The van der Waals surface area contributed by atoms with Crippen LogP contribution >= 0.6 is 0 Å². The Morgan fingerprint density at radius 2 is 2.50 bits per heavy atom. The summed E-state index contributed by atoms with van der Waals surface area (Å²) in [6.45, 7) is 2.22. The van der Waals surface area contributed by atoms with E-state index in [0.29, 0.717) is 5.92 Å². The van der Waals surface area contributed by atoms with Gasteiger partial charge >= 0.3 is 0 Å². The average Bonchev–Trinajstić information content (AvgIpc) is 2.34. The summed E-state index contributed by atoms with van der Waals surface area (Å²) in [7, 11) is 0. The summed E-state index contributed by atoms with van der Waals surface area (Å²) in [4.78, 5) is 8.21. The Bertz CT molecular complexity index is 245. The fraction of sp³-hybridized carbons (Fsp3) is 0.500. The molecule has 1 atom stereocenters. The van der Waals surface area contributed by atoms with Gasteiger partial charge in [-0.2, -0.15) is 0 Å². The van der Waals surface area contributed by atoms with E-state index in [1.54, 1.807) is 6.33 Å². The summed E-state index contributed by atoms with van der Waals surface area (Å²) in [5.74, 6) is 0.651. The minimum atomic E-state index is 0.651. The maximum absolute atomic E-state index is 4.23. The van der Waals surface area contributed by atoms with Crippen LogP contribution in [0.5, 0.6) is 0 Å². The van der Waals surface area contributed by atoms with Crippen molar-refractivity contribution in [3.05, 3.63) is 23.8 Å². The van der Waals surface area contributed by atoms with Gasteiger partial charge in [0.1, 0.15) is 6.33 Å². The second-order valence-corrected chi connectivity index (χ2v) is 2.87. The highest BCUT2D eigenvalue weighted by molar-refractivity contribution is 5.24.